The highest BCUT2D eigenvalue weighted by Gasteiger charge is 2.28. The minimum absolute atomic E-state index is 0.630. The minimum atomic E-state index is 0.630. The Morgan fingerprint density at radius 3 is 3.00 bits per heavy atom. The predicted molar refractivity (Wildman–Crippen MR) is 81.8 cm³/mol. The summed E-state index contributed by atoms with van der Waals surface area (Å²) in [6.07, 6.45) is 2.35. The number of ether oxygens (including phenoxy) is 1. The molecule has 3 heteroatoms. The van der Waals surface area contributed by atoms with Crippen LogP contribution in [0.2, 0.25) is 0 Å². The van der Waals surface area contributed by atoms with E-state index in [1.165, 1.54) is 24.1 Å². The normalized spacial score (nSPS) is 27.2. The standard InChI is InChI=1S/C17H26N2O/c1-2-18-17-8-10-20-13-16(17)12-19-9-7-14-5-3-4-6-15(14)11-19/h3-6,16-18H,2,7-13H2,1H3. The van der Waals surface area contributed by atoms with Gasteiger partial charge in [-0.3, -0.25) is 4.90 Å². The second kappa shape index (κ2) is 6.70. The molecule has 0 amide bonds. The highest BCUT2D eigenvalue weighted by molar-refractivity contribution is 5.29. The van der Waals surface area contributed by atoms with Crippen molar-refractivity contribution in [2.45, 2.75) is 32.4 Å². The first-order chi connectivity index (χ1) is 9.86. The van der Waals surface area contributed by atoms with E-state index in [2.05, 4.69) is 41.4 Å². The van der Waals surface area contributed by atoms with Crippen molar-refractivity contribution in [3.63, 3.8) is 0 Å². The number of benzene rings is 1. The van der Waals surface area contributed by atoms with E-state index in [-0.39, 0.29) is 0 Å². The highest BCUT2D eigenvalue weighted by atomic mass is 16.5. The van der Waals surface area contributed by atoms with Gasteiger partial charge in [0.05, 0.1) is 6.61 Å². The van der Waals surface area contributed by atoms with Crippen molar-refractivity contribution in [1.29, 1.82) is 0 Å². The van der Waals surface area contributed by atoms with Crippen molar-refractivity contribution in [1.82, 2.24) is 10.2 Å². The van der Waals surface area contributed by atoms with E-state index in [1.807, 2.05) is 0 Å². The van der Waals surface area contributed by atoms with Crippen molar-refractivity contribution in [2.24, 2.45) is 5.92 Å². The molecule has 1 N–H and O–H groups in total. The molecule has 2 unspecified atom stereocenters. The Morgan fingerprint density at radius 1 is 1.30 bits per heavy atom. The van der Waals surface area contributed by atoms with E-state index in [4.69, 9.17) is 4.74 Å². The van der Waals surface area contributed by atoms with E-state index >= 15 is 0 Å². The van der Waals surface area contributed by atoms with Gasteiger partial charge in [-0.2, -0.15) is 0 Å². The van der Waals surface area contributed by atoms with Crippen LogP contribution >= 0.6 is 0 Å². The first-order valence-electron chi connectivity index (χ1n) is 7.97. The number of nitrogens with zero attached hydrogens (tertiary/aromatic N) is 1. The minimum Gasteiger partial charge on any atom is -0.381 e. The molecule has 0 aliphatic carbocycles. The molecule has 3 rings (SSSR count). The van der Waals surface area contributed by atoms with Crippen LogP contribution in [0.25, 0.3) is 0 Å². The van der Waals surface area contributed by atoms with Crippen molar-refractivity contribution >= 4 is 0 Å². The Hall–Kier alpha value is -0.900. The molecule has 0 bridgehead atoms. The number of fused-ring (bicyclic) bond motifs is 1. The Morgan fingerprint density at radius 2 is 2.15 bits per heavy atom. The molecule has 1 fully saturated rings. The molecule has 0 aromatic heterocycles. The second-order valence-electron chi connectivity index (χ2n) is 6.04. The monoisotopic (exact) mass is 274 g/mol. The lowest BCUT2D eigenvalue weighted by Gasteiger charge is -2.37. The lowest BCUT2D eigenvalue weighted by molar-refractivity contribution is 0.0151. The van der Waals surface area contributed by atoms with E-state index in [0.29, 0.717) is 12.0 Å². The van der Waals surface area contributed by atoms with Gasteiger partial charge in [0.2, 0.25) is 0 Å². The third-order valence-electron chi connectivity index (χ3n) is 4.64. The fraction of sp³-hybridized carbons (Fsp3) is 0.647. The van der Waals surface area contributed by atoms with Crippen LogP contribution in [0.15, 0.2) is 24.3 Å². The zero-order valence-corrected chi connectivity index (χ0v) is 12.5. The van der Waals surface area contributed by atoms with Crippen LogP contribution in [0.3, 0.4) is 0 Å². The summed E-state index contributed by atoms with van der Waals surface area (Å²) in [6.45, 7) is 8.53. The van der Waals surface area contributed by atoms with Crippen LogP contribution in [-0.2, 0) is 17.7 Å². The summed E-state index contributed by atoms with van der Waals surface area (Å²) in [5.41, 5.74) is 3.04. The number of rotatable bonds is 4. The topological polar surface area (TPSA) is 24.5 Å². The molecule has 3 nitrogen and oxygen atoms in total. The summed E-state index contributed by atoms with van der Waals surface area (Å²) in [6, 6.07) is 9.50. The molecule has 2 aliphatic rings. The van der Waals surface area contributed by atoms with Gasteiger partial charge in [-0.1, -0.05) is 31.2 Å². The zero-order chi connectivity index (χ0) is 13.8. The molecule has 2 heterocycles. The second-order valence-corrected chi connectivity index (χ2v) is 6.04. The molecule has 0 radical (unpaired) electrons. The Labute approximate surface area is 122 Å². The average molecular weight is 274 g/mol. The maximum absolute atomic E-state index is 5.70. The first kappa shape index (κ1) is 14.1. The summed E-state index contributed by atoms with van der Waals surface area (Å²) >= 11 is 0. The molecule has 20 heavy (non-hydrogen) atoms. The van der Waals surface area contributed by atoms with Gasteiger partial charge in [-0.25, -0.2) is 0 Å². The Kier molecular flexibility index (Phi) is 4.71. The predicted octanol–water partition coefficient (Wildman–Crippen LogP) is 2.06. The average Bonchev–Trinajstić information content (AvgIpc) is 2.49. The zero-order valence-electron chi connectivity index (χ0n) is 12.5. The van der Waals surface area contributed by atoms with Gasteiger partial charge in [-0.15, -0.1) is 0 Å². The maximum atomic E-state index is 5.70. The van der Waals surface area contributed by atoms with Gasteiger partial charge in [0.1, 0.15) is 0 Å². The van der Waals surface area contributed by atoms with Crippen molar-refractivity contribution in [2.75, 3.05) is 32.8 Å². The molecule has 0 saturated carbocycles. The van der Waals surface area contributed by atoms with Gasteiger partial charge >= 0.3 is 0 Å². The number of hydrogen-bond acceptors (Lipinski definition) is 3. The molecule has 2 atom stereocenters. The van der Waals surface area contributed by atoms with E-state index in [9.17, 15) is 0 Å². The highest BCUT2D eigenvalue weighted by Crippen LogP contribution is 2.22. The van der Waals surface area contributed by atoms with Gasteiger partial charge in [0, 0.05) is 38.2 Å². The van der Waals surface area contributed by atoms with E-state index in [1.54, 1.807) is 0 Å². The largest absolute Gasteiger partial charge is 0.381 e. The Balaban J connectivity index is 1.60. The van der Waals surface area contributed by atoms with Crippen LogP contribution in [0.5, 0.6) is 0 Å². The molecule has 1 aromatic carbocycles. The molecule has 1 aromatic rings. The molecular weight excluding hydrogens is 248 g/mol. The van der Waals surface area contributed by atoms with Crippen LogP contribution < -0.4 is 5.32 Å². The summed E-state index contributed by atoms with van der Waals surface area (Å²) in [5.74, 6) is 0.633. The van der Waals surface area contributed by atoms with Crippen LogP contribution in [0, 0.1) is 5.92 Å². The third-order valence-corrected chi connectivity index (χ3v) is 4.64. The molecular formula is C17H26N2O. The fourth-order valence-electron chi connectivity index (χ4n) is 3.55. The van der Waals surface area contributed by atoms with E-state index < -0.39 is 0 Å². The smallest absolute Gasteiger partial charge is 0.0521 e. The lowest BCUT2D eigenvalue weighted by atomic mass is 9.93. The van der Waals surface area contributed by atoms with Crippen molar-refractivity contribution < 1.29 is 4.74 Å². The third kappa shape index (κ3) is 3.22. The van der Waals surface area contributed by atoms with Gasteiger partial charge in [0.25, 0.3) is 0 Å². The SMILES string of the molecule is CCNC1CCOCC1CN1CCc2ccccc2C1. The summed E-state index contributed by atoms with van der Waals surface area (Å²) < 4.78 is 5.70. The summed E-state index contributed by atoms with van der Waals surface area (Å²) in [4.78, 5) is 2.60. The molecule has 1 saturated heterocycles. The quantitative estimate of drug-likeness (QED) is 0.909. The van der Waals surface area contributed by atoms with Crippen LogP contribution in [0.4, 0.5) is 0 Å². The maximum Gasteiger partial charge on any atom is 0.0521 e. The van der Waals surface area contributed by atoms with Crippen LogP contribution in [0.1, 0.15) is 24.5 Å². The number of nitrogens with one attached hydrogen (secondary N) is 1. The summed E-state index contributed by atoms with van der Waals surface area (Å²) in [7, 11) is 0. The van der Waals surface area contributed by atoms with Gasteiger partial charge in [-0.05, 0) is 30.5 Å². The van der Waals surface area contributed by atoms with Gasteiger partial charge in [0.15, 0.2) is 0 Å². The first-order valence-corrected chi connectivity index (χ1v) is 7.97. The Bertz CT molecular complexity index is 433. The van der Waals surface area contributed by atoms with Crippen molar-refractivity contribution in [3.8, 4) is 0 Å². The van der Waals surface area contributed by atoms with E-state index in [0.717, 1.165) is 39.3 Å². The molecule has 0 spiro atoms. The fourth-order valence-corrected chi connectivity index (χ4v) is 3.55. The number of hydrogen-bond donors (Lipinski definition) is 1. The molecule has 2 aliphatic heterocycles. The van der Waals surface area contributed by atoms with Gasteiger partial charge < -0.3 is 10.1 Å². The van der Waals surface area contributed by atoms with Crippen LogP contribution in [-0.4, -0.2) is 43.8 Å². The molecule has 110 valence electrons. The van der Waals surface area contributed by atoms with Crippen molar-refractivity contribution in [3.05, 3.63) is 35.4 Å². The lowest BCUT2D eigenvalue weighted by Crippen LogP contribution is -2.48. The summed E-state index contributed by atoms with van der Waals surface area (Å²) in [5, 5.41) is 3.64.